The fourth-order valence-electron chi connectivity index (χ4n) is 2.26. The van der Waals surface area contributed by atoms with Crippen LogP contribution in [0.2, 0.25) is 5.02 Å². The van der Waals surface area contributed by atoms with E-state index in [-0.39, 0.29) is 11.9 Å². The molecule has 1 atom stereocenters. The number of carbonyl (C=O) groups excluding carboxylic acids is 1. The molecule has 1 heterocycles. The Bertz CT molecular complexity index is 653. The second-order valence-electron chi connectivity index (χ2n) is 4.98. The molecule has 0 aliphatic carbocycles. The highest BCUT2D eigenvalue weighted by molar-refractivity contribution is 9.10. The molecule has 3 nitrogen and oxygen atoms in total. The van der Waals surface area contributed by atoms with Crippen LogP contribution in [0.15, 0.2) is 41.0 Å². The highest BCUT2D eigenvalue weighted by Gasteiger charge is 2.22. The number of hydrogen-bond donors (Lipinski definition) is 0. The van der Waals surface area contributed by atoms with Crippen molar-refractivity contribution in [3.63, 3.8) is 0 Å². The summed E-state index contributed by atoms with van der Waals surface area (Å²) in [7, 11) is 1.81. The van der Waals surface area contributed by atoms with E-state index in [9.17, 15) is 4.79 Å². The molecule has 1 aromatic carbocycles. The van der Waals surface area contributed by atoms with Crippen molar-refractivity contribution in [1.29, 1.82) is 0 Å². The molecule has 0 N–H and O–H groups in total. The smallest absolute Gasteiger partial charge is 0.270 e. The molecule has 0 spiro atoms. The van der Waals surface area contributed by atoms with Gasteiger partial charge in [-0.25, -0.2) is 0 Å². The molecule has 1 amide bonds. The van der Waals surface area contributed by atoms with E-state index >= 15 is 0 Å². The van der Waals surface area contributed by atoms with Gasteiger partial charge in [0, 0.05) is 29.3 Å². The summed E-state index contributed by atoms with van der Waals surface area (Å²) in [5.41, 5.74) is 1.70. The van der Waals surface area contributed by atoms with Crippen molar-refractivity contribution < 1.29 is 4.79 Å². The van der Waals surface area contributed by atoms with Gasteiger partial charge in [0.05, 0.1) is 6.04 Å². The van der Waals surface area contributed by atoms with Gasteiger partial charge in [-0.2, -0.15) is 0 Å². The summed E-state index contributed by atoms with van der Waals surface area (Å²) in [4.78, 5) is 14.4. The van der Waals surface area contributed by atoms with Crippen molar-refractivity contribution in [2.45, 2.75) is 26.4 Å². The SMILES string of the molecule is CCn1cc(Br)cc1C(=O)N(C)C(C)c1cccc(Cl)c1. The quantitative estimate of drug-likeness (QED) is 0.763. The zero-order valence-corrected chi connectivity index (χ0v) is 14.6. The molecular weight excluding hydrogens is 352 g/mol. The maximum absolute atomic E-state index is 12.7. The second-order valence-corrected chi connectivity index (χ2v) is 6.33. The number of halogens is 2. The van der Waals surface area contributed by atoms with Crippen LogP contribution in [0.5, 0.6) is 0 Å². The summed E-state index contributed by atoms with van der Waals surface area (Å²) in [6.45, 7) is 4.77. The van der Waals surface area contributed by atoms with E-state index in [2.05, 4.69) is 15.9 Å². The molecule has 2 rings (SSSR count). The van der Waals surface area contributed by atoms with Gasteiger partial charge in [0.25, 0.3) is 5.91 Å². The van der Waals surface area contributed by atoms with Crippen molar-refractivity contribution >= 4 is 33.4 Å². The lowest BCUT2D eigenvalue weighted by atomic mass is 10.1. The molecule has 0 fully saturated rings. The second kappa shape index (κ2) is 6.67. The first-order chi connectivity index (χ1) is 9.93. The number of rotatable bonds is 4. The van der Waals surface area contributed by atoms with Crippen LogP contribution in [0.3, 0.4) is 0 Å². The fourth-order valence-corrected chi connectivity index (χ4v) is 2.92. The summed E-state index contributed by atoms with van der Waals surface area (Å²) in [5, 5.41) is 0.680. The molecule has 1 aromatic heterocycles. The van der Waals surface area contributed by atoms with E-state index in [4.69, 9.17) is 11.6 Å². The summed E-state index contributed by atoms with van der Waals surface area (Å²) in [5.74, 6) is -0.00461. The number of amides is 1. The van der Waals surface area contributed by atoms with Gasteiger partial charge in [-0.05, 0) is 53.5 Å². The summed E-state index contributed by atoms with van der Waals surface area (Å²) >= 11 is 9.45. The first kappa shape index (κ1) is 16.1. The zero-order valence-electron chi connectivity index (χ0n) is 12.3. The Balaban J connectivity index is 2.26. The van der Waals surface area contributed by atoms with Crippen LogP contribution in [0, 0.1) is 0 Å². The molecule has 0 aliphatic heterocycles. The minimum atomic E-state index is -0.0461. The van der Waals surface area contributed by atoms with Gasteiger partial charge in [-0.1, -0.05) is 23.7 Å². The third kappa shape index (κ3) is 3.50. The molecule has 2 aromatic rings. The van der Waals surface area contributed by atoms with Crippen LogP contribution in [0.25, 0.3) is 0 Å². The Labute approximate surface area is 138 Å². The highest BCUT2D eigenvalue weighted by atomic mass is 79.9. The number of hydrogen-bond acceptors (Lipinski definition) is 1. The van der Waals surface area contributed by atoms with Crippen LogP contribution in [0.1, 0.15) is 35.9 Å². The zero-order chi connectivity index (χ0) is 15.6. The Morgan fingerprint density at radius 3 is 2.76 bits per heavy atom. The minimum absolute atomic E-state index is 0.00461. The van der Waals surface area contributed by atoms with Crippen LogP contribution < -0.4 is 0 Å². The number of aryl methyl sites for hydroxylation is 1. The molecule has 112 valence electrons. The lowest BCUT2D eigenvalue weighted by Gasteiger charge is -2.26. The summed E-state index contributed by atoms with van der Waals surface area (Å²) in [6, 6.07) is 9.42. The summed E-state index contributed by atoms with van der Waals surface area (Å²) in [6.07, 6.45) is 1.92. The molecular formula is C16H18BrClN2O. The number of benzene rings is 1. The van der Waals surface area contributed by atoms with Crippen molar-refractivity contribution in [1.82, 2.24) is 9.47 Å². The standard InChI is InChI=1S/C16H18BrClN2O/c1-4-20-10-13(17)9-15(20)16(21)19(3)11(2)12-6-5-7-14(18)8-12/h5-11H,4H2,1-3H3. The van der Waals surface area contributed by atoms with Crippen LogP contribution in [-0.2, 0) is 6.54 Å². The van der Waals surface area contributed by atoms with E-state index in [0.29, 0.717) is 10.7 Å². The van der Waals surface area contributed by atoms with E-state index in [1.165, 1.54) is 0 Å². The molecule has 1 unspecified atom stereocenters. The van der Waals surface area contributed by atoms with Crippen LogP contribution in [-0.4, -0.2) is 22.4 Å². The first-order valence-corrected chi connectivity index (χ1v) is 7.99. The molecule has 5 heteroatoms. The molecule has 21 heavy (non-hydrogen) atoms. The van der Waals surface area contributed by atoms with Gasteiger partial charge in [-0.15, -0.1) is 0 Å². The Kier molecular flexibility index (Phi) is 5.12. The van der Waals surface area contributed by atoms with Crippen LogP contribution >= 0.6 is 27.5 Å². The third-order valence-corrected chi connectivity index (χ3v) is 4.32. The third-order valence-electron chi connectivity index (χ3n) is 3.66. The molecule has 0 bridgehead atoms. The van der Waals surface area contributed by atoms with Gasteiger partial charge < -0.3 is 9.47 Å². The molecule has 0 aliphatic rings. The van der Waals surface area contributed by atoms with Gasteiger partial charge >= 0.3 is 0 Å². The van der Waals surface area contributed by atoms with Gasteiger partial charge in [0.15, 0.2) is 0 Å². The maximum atomic E-state index is 12.7. The number of aromatic nitrogens is 1. The van der Waals surface area contributed by atoms with E-state index < -0.39 is 0 Å². The van der Waals surface area contributed by atoms with Gasteiger partial charge in [-0.3, -0.25) is 4.79 Å². The van der Waals surface area contributed by atoms with Gasteiger partial charge in [0.1, 0.15) is 5.69 Å². The monoisotopic (exact) mass is 368 g/mol. The summed E-state index contributed by atoms with van der Waals surface area (Å²) < 4.78 is 2.85. The predicted octanol–water partition coefficient (Wildman–Crippen LogP) is 4.76. The normalized spacial score (nSPS) is 12.2. The average Bonchev–Trinajstić information content (AvgIpc) is 2.86. The van der Waals surface area contributed by atoms with Crippen molar-refractivity contribution in [2.24, 2.45) is 0 Å². The fraction of sp³-hybridized carbons (Fsp3) is 0.312. The Morgan fingerprint density at radius 2 is 2.14 bits per heavy atom. The minimum Gasteiger partial charge on any atom is -0.343 e. The van der Waals surface area contributed by atoms with Crippen molar-refractivity contribution in [3.05, 3.63) is 57.3 Å². The topological polar surface area (TPSA) is 25.2 Å². The highest BCUT2D eigenvalue weighted by Crippen LogP contribution is 2.24. The van der Waals surface area contributed by atoms with Crippen molar-refractivity contribution in [2.75, 3.05) is 7.05 Å². The molecule has 0 saturated carbocycles. The lowest BCUT2D eigenvalue weighted by molar-refractivity contribution is 0.0732. The van der Waals surface area contributed by atoms with E-state index in [1.54, 1.807) is 4.90 Å². The predicted molar refractivity (Wildman–Crippen MR) is 89.8 cm³/mol. The lowest BCUT2D eigenvalue weighted by Crippen LogP contribution is -2.31. The van der Waals surface area contributed by atoms with E-state index in [1.807, 2.05) is 62.0 Å². The van der Waals surface area contributed by atoms with Crippen molar-refractivity contribution in [3.8, 4) is 0 Å². The van der Waals surface area contributed by atoms with Gasteiger partial charge in [0.2, 0.25) is 0 Å². The first-order valence-electron chi connectivity index (χ1n) is 6.82. The van der Waals surface area contributed by atoms with E-state index in [0.717, 1.165) is 16.6 Å². The number of carbonyl (C=O) groups is 1. The van der Waals surface area contributed by atoms with Crippen LogP contribution in [0.4, 0.5) is 0 Å². The largest absolute Gasteiger partial charge is 0.343 e. The average molecular weight is 370 g/mol. The number of nitrogens with zero attached hydrogens (tertiary/aromatic N) is 2. The maximum Gasteiger partial charge on any atom is 0.270 e. The Hall–Kier alpha value is -1.26. The molecule has 0 saturated heterocycles. The Morgan fingerprint density at radius 1 is 1.43 bits per heavy atom. The molecule has 0 radical (unpaired) electrons.